The van der Waals surface area contributed by atoms with Crippen LogP contribution in [0.1, 0.15) is 19.4 Å². The van der Waals surface area contributed by atoms with Crippen LogP contribution in [-0.2, 0) is 5.41 Å². The molecule has 0 bridgehead atoms. The normalized spacial score (nSPS) is 14.0. The molecular weight excluding hydrogens is 468 g/mol. The van der Waals surface area contributed by atoms with E-state index in [4.69, 9.17) is 0 Å². The summed E-state index contributed by atoms with van der Waals surface area (Å²) in [6.45, 7) is 8.83. The minimum atomic E-state index is -0.0294. The summed E-state index contributed by atoms with van der Waals surface area (Å²) in [4.78, 5) is 7.07. The Morgan fingerprint density at radius 1 is 0.649 bits per heavy atom. The fraction of sp³-hybridized carbons (Fsp3) is 0.118. The summed E-state index contributed by atoms with van der Waals surface area (Å²) in [5, 5.41) is 0. The van der Waals surface area contributed by atoms with Crippen molar-refractivity contribution in [3.63, 3.8) is 0 Å². The van der Waals surface area contributed by atoms with Crippen LogP contribution in [0.4, 0.5) is 22.7 Å². The Morgan fingerprint density at radius 3 is 1.76 bits per heavy atom. The topological polar surface area (TPSA) is 6.48 Å². The number of nitrogens with zero attached hydrogens (tertiary/aromatic N) is 2. The Morgan fingerprint density at radius 2 is 1.16 bits per heavy atom. The van der Waals surface area contributed by atoms with Crippen molar-refractivity contribution >= 4 is 34.1 Å². The molecule has 0 fully saturated rings. The van der Waals surface area contributed by atoms with Crippen LogP contribution < -0.4 is 9.80 Å². The fourth-order valence-electron chi connectivity index (χ4n) is 5.24. The summed E-state index contributed by atoms with van der Waals surface area (Å²) in [6, 6.07) is 41.2. The smallest absolute Gasteiger partial charge is 0.0462 e. The van der Waals surface area contributed by atoms with Crippen molar-refractivity contribution in [3.8, 4) is 20.9 Å². The standard InChI is InChI=1S/C34H30N2S/c1-24-34(2,3)30-20-17-26(23-31(30)35(24)4)33-22-21-32(37-33)25-15-18-29(19-16-25)36(27-11-7-5-8-12-27)28-13-9-6-10-14-28/h5-23H,1H2,2-4H3. The predicted octanol–water partition coefficient (Wildman–Crippen LogP) is 9.79. The number of anilines is 4. The molecule has 3 heteroatoms. The average Bonchev–Trinajstić information content (AvgIpc) is 3.49. The first kappa shape index (κ1) is 23.3. The summed E-state index contributed by atoms with van der Waals surface area (Å²) in [7, 11) is 2.12. The first-order valence-electron chi connectivity index (χ1n) is 12.6. The van der Waals surface area contributed by atoms with E-state index < -0.39 is 0 Å². The molecule has 0 saturated carbocycles. The van der Waals surface area contributed by atoms with Crippen molar-refractivity contribution < 1.29 is 0 Å². The molecule has 0 unspecified atom stereocenters. The molecule has 0 saturated heterocycles. The fourth-order valence-corrected chi connectivity index (χ4v) is 6.24. The number of rotatable bonds is 5. The van der Waals surface area contributed by atoms with Gasteiger partial charge < -0.3 is 9.80 Å². The van der Waals surface area contributed by atoms with Crippen molar-refractivity contribution in [1.29, 1.82) is 0 Å². The maximum absolute atomic E-state index is 4.33. The summed E-state index contributed by atoms with van der Waals surface area (Å²) in [5.74, 6) is 0. The van der Waals surface area contributed by atoms with Crippen LogP contribution in [0.2, 0.25) is 0 Å². The van der Waals surface area contributed by atoms with Gasteiger partial charge >= 0.3 is 0 Å². The van der Waals surface area contributed by atoms with Crippen molar-refractivity contribution in [3.05, 3.63) is 133 Å². The van der Waals surface area contributed by atoms with E-state index in [-0.39, 0.29) is 5.41 Å². The van der Waals surface area contributed by atoms with Gasteiger partial charge in [0.15, 0.2) is 0 Å². The number of fused-ring (bicyclic) bond motifs is 1. The minimum absolute atomic E-state index is 0.0294. The molecule has 1 aliphatic rings. The summed E-state index contributed by atoms with van der Waals surface area (Å²) in [5.41, 5.74) is 9.63. The van der Waals surface area contributed by atoms with Crippen LogP contribution in [0.3, 0.4) is 0 Å². The molecule has 1 aliphatic heterocycles. The van der Waals surface area contributed by atoms with E-state index in [1.165, 1.54) is 32.1 Å². The molecule has 2 heterocycles. The zero-order valence-electron chi connectivity index (χ0n) is 21.5. The molecule has 0 aliphatic carbocycles. The summed E-state index contributed by atoms with van der Waals surface area (Å²) < 4.78 is 0. The highest BCUT2D eigenvalue weighted by atomic mass is 32.1. The van der Waals surface area contributed by atoms with E-state index in [2.05, 4.69) is 153 Å². The molecule has 2 nitrogen and oxygen atoms in total. The van der Waals surface area contributed by atoms with Gasteiger partial charge in [-0.1, -0.05) is 81.1 Å². The van der Waals surface area contributed by atoms with E-state index in [0.717, 1.165) is 22.8 Å². The lowest BCUT2D eigenvalue weighted by Gasteiger charge is -2.25. The maximum Gasteiger partial charge on any atom is 0.0462 e. The largest absolute Gasteiger partial charge is 0.348 e. The van der Waals surface area contributed by atoms with Crippen molar-refractivity contribution in [2.24, 2.45) is 0 Å². The van der Waals surface area contributed by atoms with Gasteiger partial charge in [0.1, 0.15) is 0 Å². The number of likely N-dealkylation sites (N-methyl/N-ethyl adjacent to an activating group) is 1. The zero-order valence-corrected chi connectivity index (χ0v) is 22.3. The van der Waals surface area contributed by atoms with E-state index in [0.29, 0.717) is 0 Å². The van der Waals surface area contributed by atoms with Crippen molar-refractivity contribution in [2.45, 2.75) is 19.3 Å². The third-order valence-corrected chi connectivity index (χ3v) is 8.67. The van der Waals surface area contributed by atoms with Gasteiger partial charge in [-0.15, -0.1) is 11.3 Å². The third kappa shape index (κ3) is 4.06. The molecule has 37 heavy (non-hydrogen) atoms. The lowest BCUT2D eigenvalue weighted by atomic mass is 9.84. The molecule has 0 N–H and O–H groups in total. The highest BCUT2D eigenvalue weighted by Crippen LogP contribution is 2.48. The van der Waals surface area contributed by atoms with Crippen LogP contribution in [0, 0.1) is 0 Å². The lowest BCUT2D eigenvalue weighted by molar-refractivity contribution is 0.643. The second kappa shape index (κ2) is 9.10. The third-order valence-electron chi connectivity index (χ3n) is 7.49. The van der Waals surface area contributed by atoms with Gasteiger partial charge in [-0.25, -0.2) is 0 Å². The van der Waals surface area contributed by atoms with Gasteiger partial charge in [-0.2, -0.15) is 0 Å². The maximum atomic E-state index is 4.33. The van der Waals surface area contributed by atoms with Gasteiger partial charge in [0.25, 0.3) is 0 Å². The Kier molecular flexibility index (Phi) is 5.73. The Balaban J connectivity index is 1.31. The first-order valence-corrected chi connectivity index (χ1v) is 13.4. The number of benzene rings is 4. The van der Waals surface area contributed by atoms with Gasteiger partial charge in [0.2, 0.25) is 0 Å². The monoisotopic (exact) mass is 498 g/mol. The van der Waals surface area contributed by atoms with E-state index in [1.54, 1.807) is 0 Å². The second-order valence-electron chi connectivity index (χ2n) is 10.1. The first-order chi connectivity index (χ1) is 17.9. The van der Waals surface area contributed by atoms with E-state index in [1.807, 2.05) is 11.3 Å². The summed E-state index contributed by atoms with van der Waals surface area (Å²) in [6.07, 6.45) is 0. The van der Waals surface area contributed by atoms with Crippen LogP contribution in [0.5, 0.6) is 0 Å². The molecule has 0 amide bonds. The number of thiophene rings is 1. The quantitative estimate of drug-likeness (QED) is 0.238. The van der Waals surface area contributed by atoms with Crippen LogP contribution >= 0.6 is 11.3 Å². The van der Waals surface area contributed by atoms with Crippen LogP contribution in [0.25, 0.3) is 20.9 Å². The average molecular weight is 499 g/mol. The Bertz CT molecular complexity index is 1520. The molecule has 0 spiro atoms. The van der Waals surface area contributed by atoms with Crippen molar-refractivity contribution in [1.82, 2.24) is 0 Å². The molecule has 1 aromatic heterocycles. The van der Waals surface area contributed by atoms with Crippen molar-refractivity contribution in [2.75, 3.05) is 16.8 Å². The number of allylic oxidation sites excluding steroid dienone is 1. The second-order valence-corrected chi connectivity index (χ2v) is 11.2. The van der Waals surface area contributed by atoms with E-state index in [9.17, 15) is 0 Å². The molecule has 0 atom stereocenters. The Hall–Kier alpha value is -4.08. The molecule has 0 radical (unpaired) electrons. The lowest BCUT2D eigenvalue weighted by Crippen LogP contribution is -2.21. The highest BCUT2D eigenvalue weighted by Gasteiger charge is 2.37. The summed E-state index contributed by atoms with van der Waals surface area (Å²) >= 11 is 1.84. The number of hydrogen-bond acceptors (Lipinski definition) is 3. The van der Waals surface area contributed by atoms with Gasteiger partial charge in [0.05, 0.1) is 0 Å². The predicted molar refractivity (Wildman–Crippen MR) is 160 cm³/mol. The highest BCUT2D eigenvalue weighted by molar-refractivity contribution is 7.18. The molecule has 6 rings (SSSR count). The Labute approximate surface area is 223 Å². The molecule has 182 valence electrons. The molecular formula is C34H30N2S. The van der Waals surface area contributed by atoms with Crippen LogP contribution in [0.15, 0.2) is 128 Å². The number of hydrogen-bond donors (Lipinski definition) is 0. The van der Waals surface area contributed by atoms with Gasteiger partial charge in [-0.3, -0.25) is 0 Å². The molecule has 5 aromatic rings. The zero-order chi connectivity index (χ0) is 25.6. The number of para-hydroxylation sites is 2. The SMILES string of the molecule is C=C1N(C)c2cc(-c3ccc(-c4ccc(N(c5ccccc5)c5ccccc5)cc4)s3)ccc2C1(C)C. The van der Waals surface area contributed by atoms with Gasteiger partial charge in [0, 0.05) is 50.7 Å². The van der Waals surface area contributed by atoms with Gasteiger partial charge in [-0.05, 0) is 71.3 Å². The molecule has 4 aromatic carbocycles. The minimum Gasteiger partial charge on any atom is -0.348 e. The van der Waals surface area contributed by atoms with E-state index >= 15 is 0 Å². The van der Waals surface area contributed by atoms with Crippen LogP contribution in [-0.4, -0.2) is 7.05 Å².